The van der Waals surface area contributed by atoms with Gasteiger partial charge in [-0.05, 0) is 36.4 Å². The lowest BCUT2D eigenvalue weighted by molar-refractivity contribution is 0.137. The van der Waals surface area contributed by atoms with Crippen LogP contribution in [0.4, 0.5) is 4.79 Å². The van der Waals surface area contributed by atoms with Crippen LogP contribution in [0, 0.1) is 0 Å². The molecule has 0 aromatic heterocycles. The van der Waals surface area contributed by atoms with Crippen molar-refractivity contribution in [3.05, 3.63) is 56.5 Å². The Balaban J connectivity index is 0.000000326. The molecule has 0 saturated carbocycles. The molecule has 2 aromatic rings. The average molecular weight is 388 g/mol. The van der Waals surface area contributed by atoms with E-state index in [1.807, 2.05) is 0 Å². The van der Waals surface area contributed by atoms with Gasteiger partial charge < -0.3 is 20.4 Å². The van der Waals surface area contributed by atoms with Gasteiger partial charge in [-0.2, -0.15) is 0 Å². The third kappa shape index (κ3) is 9.41. The summed E-state index contributed by atoms with van der Waals surface area (Å²) in [6.07, 6.45) is -1.83. The summed E-state index contributed by atoms with van der Waals surface area (Å²) in [5, 5.41) is 33.3. The van der Waals surface area contributed by atoms with Gasteiger partial charge in [0.15, 0.2) is 0 Å². The molecule has 2 aromatic carbocycles. The Hall–Kier alpha value is -1.53. The number of halogens is 4. The molecule has 120 valence electrons. The zero-order chi connectivity index (χ0) is 17.3. The van der Waals surface area contributed by atoms with E-state index in [9.17, 15) is 0 Å². The molecule has 0 aliphatic rings. The normalized spacial score (nSPS) is 8.91. The van der Waals surface area contributed by atoms with Crippen LogP contribution in [0.25, 0.3) is 0 Å². The van der Waals surface area contributed by atoms with E-state index in [-0.39, 0.29) is 21.5 Å². The number of carboxylic acid groups (broad SMARTS) is 2. The van der Waals surface area contributed by atoms with E-state index in [2.05, 4.69) is 0 Å². The molecule has 0 heterocycles. The molecule has 0 atom stereocenters. The van der Waals surface area contributed by atoms with Gasteiger partial charge in [-0.3, -0.25) is 0 Å². The van der Waals surface area contributed by atoms with Crippen LogP contribution in [-0.2, 0) is 0 Å². The monoisotopic (exact) mass is 386 g/mol. The van der Waals surface area contributed by atoms with Crippen LogP contribution in [-0.4, -0.2) is 26.6 Å². The number of phenolic OH excluding ortho intramolecular Hbond substituents is 2. The van der Waals surface area contributed by atoms with Crippen LogP contribution >= 0.6 is 46.4 Å². The summed E-state index contributed by atoms with van der Waals surface area (Å²) in [6.45, 7) is 0. The molecule has 5 nitrogen and oxygen atoms in total. The van der Waals surface area contributed by atoms with E-state index in [0.717, 1.165) is 0 Å². The Morgan fingerprint density at radius 2 is 1.00 bits per heavy atom. The van der Waals surface area contributed by atoms with Crippen molar-refractivity contribution in [2.24, 2.45) is 0 Å². The molecule has 0 bridgehead atoms. The van der Waals surface area contributed by atoms with Crippen LogP contribution in [0.1, 0.15) is 0 Å². The Morgan fingerprint density at radius 3 is 1.18 bits per heavy atom. The van der Waals surface area contributed by atoms with Gasteiger partial charge in [-0.15, -0.1) is 0 Å². The molecule has 2 rings (SSSR count). The zero-order valence-corrected chi connectivity index (χ0v) is 13.7. The highest BCUT2D eigenvalue weighted by atomic mass is 35.5. The predicted octanol–water partition coefficient (Wildman–Crippen LogP) is 5.62. The van der Waals surface area contributed by atoms with Gasteiger partial charge in [0.25, 0.3) is 0 Å². The quantitative estimate of drug-likeness (QED) is 0.470. The minimum Gasteiger partial charge on any atom is -0.506 e. The topological polar surface area (TPSA) is 98.0 Å². The second-order valence-corrected chi connectivity index (χ2v) is 5.16. The van der Waals surface area contributed by atoms with Crippen LogP contribution in [0.15, 0.2) is 36.4 Å². The largest absolute Gasteiger partial charge is 0.506 e. The maximum Gasteiger partial charge on any atom is 0.503 e. The molecule has 0 radical (unpaired) electrons. The predicted molar refractivity (Wildman–Crippen MR) is 86.9 cm³/mol. The SMILES string of the molecule is O=C(O)O.Oc1ccc(Cl)cc1Cl.Oc1ccc(Cl)cc1Cl. The van der Waals surface area contributed by atoms with E-state index in [1.54, 1.807) is 12.1 Å². The second-order valence-electron chi connectivity index (χ2n) is 3.47. The van der Waals surface area contributed by atoms with E-state index in [0.29, 0.717) is 10.0 Å². The Bertz CT molecular complexity index is 580. The first-order valence-corrected chi connectivity index (χ1v) is 6.84. The highest BCUT2D eigenvalue weighted by Gasteiger charge is 1.96. The molecule has 4 N–H and O–H groups in total. The lowest BCUT2D eigenvalue weighted by atomic mass is 10.3. The molecular weight excluding hydrogens is 378 g/mol. The lowest BCUT2D eigenvalue weighted by Gasteiger charge is -1.93. The molecule has 9 heteroatoms. The van der Waals surface area contributed by atoms with Gasteiger partial charge in [-0.1, -0.05) is 46.4 Å². The van der Waals surface area contributed by atoms with Gasteiger partial charge >= 0.3 is 6.16 Å². The first-order chi connectivity index (χ1) is 10.1. The number of carbonyl (C=O) groups is 1. The van der Waals surface area contributed by atoms with Crippen LogP contribution in [0.2, 0.25) is 20.1 Å². The minimum atomic E-state index is -1.83. The molecule has 0 spiro atoms. The van der Waals surface area contributed by atoms with Gasteiger partial charge in [0.05, 0.1) is 10.0 Å². The lowest BCUT2D eigenvalue weighted by Crippen LogP contribution is -1.81. The fourth-order valence-electron chi connectivity index (χ4n) is 0.963. The fraction of sp³-hybridized carbons (Fsp3) is 0. The Labute approximate surface area is 145 Å². The summed E-state index contributed by atoms with van der Waals surface area (Å²) in [5.41, 5.74) is 0. The molecule has 0 amide bonds. The molecule has 0 fully saturated rings. The summed E-state index contributed by atoms with van der Waals surface area (Å²) >= 11 is 22.0. The summed E-state index contributed by atoms with van der Waals surface area (Å²) in [4.78, 5) is 8.56. The Morgan fingerprint density at radius 1 is 0.727 bits per heavy atom. The van der Waals surface area contributed by atoms with Crippen molar-refractivity contribution in [3.63, 3.8) is 0 Å². The van der Waals surface area contributed by atoms with Crippen molar-refractivity contribution in [1.82, 2.24) is 0 Å². The third-order valence-corrected chi connectivity index (χ3v) is 2.90. The van der Waals surface area contributed by atoms with Crippen LogP contribution in [0.3, 0.4) is 0 Å². The highest BCUT2D eigenvalue weighted by molar-refractivity contribution is 6.36. The van der Waals surface area contributed by atoms with Crippen molar-refractivity contribution in [3.8, 4) is 11.5 Å². The number of phenols is 2. The van der Waals surface area contributed by atoms with Gasteiger partial charge in [0, 0.05) is 10.0 Å². The van der Waals surface area contributed by atoms with E-state index >= 15 is 0 Å². The summed E-state index contributed by atoms with van der Waals surface area (Å²) < 4.78 is 0. The standard InChI is InChI=1S/2C6H4Cl2O.CH2O3/c2*7-4-1-2-6(9)5(8)3-4;2-1(3)4/h2*1-3,9H;(H2,2,3,4). The van der Waals surface area contributed by atoms with Crippen LogP contribution in [0.5, 0.6) is 11.5 Å². The maximum absolute atomic E-state index is 8.85. The second kappa shape index (κ2) is 10.2. The molecule has 0 aliphatic carbocycles. The van der Waals surface area contributed by atoms with Crippen molar-refractivity contribution in [1.29, 1.82) is 0 Å². The number of rotatable bonds is 0. The average Bonchev–Trinajstić information content (AvgIpc) is 2.39. The van der Waals surface area contributed by atoms with Crippen LogP contribution < -0.4 is 0 Å². The van der Waals surface area contributed by atoms with Gasteiger partial charge in [0.2, 0.25) is 0 Å². The van der Waals surface area contributed by atoms with Crippen molar-refractivity contribution in [2.75, 3.05) is 0 Å². The number of hydrogen-bond acceptors (Lipinski definition) is 3. The minimum absolute atomic E-state index is 0.0565. The Kier molecular flexibility index (Phi) is 9.53. The van der Waals surface area contributed by atoms with Crippen molar-refractivity contribution >= 4 is 52.6 Å². The van der Waals surface area contributed by atoms with Crippen molar-refractivity contribution in [2.45, 2.75) is 0 Å². The van der Waals surface area contributed by atoms with E-state index < -0.39 is 6.16 Å². The third-order valence-electron chi connectivity index (χ3n) is 1.82. The van der Waals surface area contributed by atoms with Crippen molar-refractivity contribution < 1.29 is 25.2 Å². The molecule has 22 heavy (non-hydrogen) atoms. The summed E-state index contributed by atoms with van der Waals surface area (Å²) in [6, 6.07) is 9.01. The fourth-order valence-corrected chi connectivity index (χ4v) is 1.78. The summed E-state index contributed by atoms with van der Waals surface area (Å²) in [7, 11) is 0. The summed E-state index contributed by atoms with van der Waals surface area (Å²) in [5.74, 6) is 0.113. The number of hydrogen-bond donors (Lipinski definition) is 4. The molecular formula is C13H10Cl4O5. The van der Waals surface area contributed by atoms with Gasteiger partial charge in [0.1, 0.15) is 11.5 Å². The molecule has 0 aliphatic heterocycles. The van der Waals surface area contributed by atoms with E-state index in [1.165, 1.54) is 24.3 Å². The molecule has 0 unspecified atom stereocenters. The highest BCUT2D eigenvalue weighted by Crippen LogP contribution is 2.26. The first kappa shape index (κ1) is 20.5. The molecule has 0 saturated heterocycles. The zero-order valence-electron chi connectivity index (χ0n) is 10.7. The first-order valence-electron chi connectivity index (χ1n) is 5.33. The number of aromatic hydroxyl groups is 2. The smallest absolute Gasteiger partial charge is 0.503 e. The maximum atomic E-state index is 8.85. The van der Waals surface area contributed by atoms with Gasteiger partial charge in [-0.25, -0.2) is 4.79 Å². The van der Waals surface area contributed by atoms with E-state index in [4.69, 9.17) is 71.6 Å². The number of benzene rings is 2.